The first-order valence-electron chi connectivity index (χ1n) is 6.80. The molecule has 1 nitrogen and oxygen atoms in total. The van der Waals surface area contributed by atoms with Crippen LogP contribution in [-0.2, 0) is 12.8 Å². The van der Waals surface area contributed by atoms with Crippen LogP contribution in [0.2, 0.25) is 0 Å². The molecule has 2 aromatic rings. The predicted octanol–water partition coefficient (Wildman–Crippen LogP) is 4.35. The molecule has 0 bridgehead atoms. The smallest absolute Gasteiger partial charge is 0.0517 e. The first-order valence-corrected chi connectivity index (χ1v) is 6.80. The number of benzene rings is 2. The van der Waals surface area contributed by atoms with E-state index in [1.165, 1.54) is 35.2 Å². The van der Waals surface area contributed by atoms with Crippen LogP contribution in [0.4, 0.5) is 5.69 Å². The molecule has 0 spiro atoms. The second-order valence-electron chi connectivity index (χ2n) is 4.99. The zero-order chi connectivity index (χ0) is 12.4. The van der Waals surface area contributed by atoms with Crippen molar-refractivity contribution in [2.24, 2.45) is 0 Å². The molecule has 0 amide bonds. The summed E-state index contributed by atoms with van der Waals surface area (Å²) in [5.74, 6) is 0. The normalized spacial score (nSPS) is 17.9. The lowest BCUT2D eigenvalue weighted by Crippen LogP contribution is -2.17. The van der Waals surface area contributed by atoms with Crippen molar-refractivity contribution < 1.29 is 0 Å². The van der Waals surface area contributed by atoms with E-state index in [4.69, 9.17) is 0 Å². The monoisotopic (exact) mass is 237 g/mol. The minimum Gasteiger partial charge on any atom is -0.378 e. The minimum atomic E-state index is 0.464. The van der Waals surface area contributed by atoms with Crippen LogP contribution < -0.4 is 5.32 Å². The maximum atomic E-state index is 3.66. The van der Waals surface area contributed by atoms with Gasteiger partial charge in [0.1, 0.15) is 0 Å². The molecule has 1 unspecified atom stereocenters. The summed E-state index contributed by atoms with van der Waals surface area (Å²) >= 11 is 0. The van der Waals surface area contributed by atoms with Crippen LogP contribution in [0.5, 0.6) is 0 Å². The lowest BCUT2D eigenvalue weighted by molar-refractivity contribution is 0.667. The molecule has 0 saturated heterocycles. The molecule has 0 aliphatic carbocycles. The zero-order valence-corrected chi connectivity index (χ0v) is 10.8. The summed E-state index contributed by atoms with van der Waals surface area (Å²) in [6, 6.07) is 18.1. The molecule has 0 radical (unpaired) electrons. The molecule has 1 heterocycles. The van der Waals surface area contributed by atoms with Crippen LogP contribution in [-0.4, -0.2) is 0 Å². The molecule has 18 heavy (non-hydrogen) atoms. The third-order valence-corrected chi connectivity index (χ3v) is 3.81. The van der Waals surface area contributed by atoms with E-state index in [9.17, 15) is 0 Å². The van der Waals surface area contributed by atoms with Gasteiger partial charge in [-0.25, -0.2) is 0 Å². The molecule has 2 aromatic carbocycles. The second-order valence-corrected chi connectivity index (χ2v) is 4.99. The molecule has 3 rings (SSSR count). The Morgan fingerprint density at radius 1 is 1.11 bits per heavy atom. The van der Waals surface area contributed by atoms with Gasteiger partial charge >= 0.3 is 0 Å². The molecule has 1 aliphatic heterocycles. The molecule has 0 aromatic heterocycles. The standard InChI is InChI=1S/C17H19N/c1-2-13-6-5-8-15(12-13)17-11-10-14-7-3-4-9-16(14)18-17/h3-9,12,17-18H,2,10-11H2,1H3. The lowest BCUT2D eigenvalue weighted by atomic mass is 9.92. The summed E-state index contributed by atoms with van der Waals surface area (Å²) in [6.07, 6.45) is 3.46. The quantitative estimate of drug-likeness (QED) is 0.819. The number of aryl methyl sites for hydroxylation is 2. The number of para-hydroxylation sites is 1. The van der Waals surface area contributed by atoms with Crippen molar-refractivity contribution in [3.63, 3.8) is 0 Å². The molecular formula is C17H19N. The van der Waals surface area contributed by atoms with Crippen LogP contribution >= 0.6 is 0 Å². The van der Waals surface area contributed by atoms with Crippen LogP contribution in [0.15, 0.2) is 48.5 Å². The van der Waals surface area contributed by atoms with E-state index >= 15 is 0 Å². The van der Waals surface area contributed by atoms with Gasteiger partial charge < -0.3 is 5.32 Å². The van der Waals surface area contributed by atoms with Gasteiger partial charge in [0.25, 0.3) is 0 Å². The topological polar surface area (TPSA) is 12.0 Å². The molecule has 0 saturated carbocycles. The van der Waals surface area contributed by atoms with Gasteiger partial charge in [-0.3, -0.25) is 0 Å². The molecular weight excluding hydrogens is 218 g/mol. The fraction of sp³-hybridized carbons (Fsp3) is 0.294. The van der Waals surface area contributed by atoms with Gasteiger partial charge in [-0.1, -0.05) is 49.4 Å². The van der Waals surface area contributed by atoms with Crippen molar-refractivity contribution in [1.82, 2.24) is 0 Å². The van der Waals surface area contributed by atoms with E-state index in [1.807, 2.05) is 0 Å². The maximum absolute atomic E-state index is 3.66. The zero-order valence-electron chi connectivity index (χ0n) is 10.8. The van der Waals surface area contributed by atoms with Crippen molar-refractivity contribution in [3.05, 3.63) is 65.2 Å². The van der Waals surface area contributed by atoms with Crippen molar-refractivity contribution in [3.8, 4) is 0 Å². The molecule has 1 N–H and O–H groups in total. The second kappa shape index (κ2) is 4.85. The van der Waals surface area contributed by atoms with Crippen LogP contribution in [0.1, 0.15) is 36.1 Å². The highest BCUT2D eigenvalue weighted by atomic mass is 14.9. The van der Waals surface area contributed by atoms with Crippen molar-refractivity contribution >= 4 is 5.69 Å². The third-order valence-electron chi connectivity index (χ3n) is 3.81. The largest absolute Gasteiger partial charge is 0.378 e. The van der Waals surface area contributed by atoms with Crippen molar-refractivity contribution in [2.75, 3.05) is 5.32 Å². The Hall–Kier alpha value is -1.76. The SMILES string of the molecule is CCc1cccc(C2CCc3ccccc3N2)c1. The number of rotatable bonds is 2. The highest BCUT2D eigenvalue weighted by Gasteiger charge is 2.18. The van der Waals surface area contributed by atoms with Crippen LogP contribution in [0.25, 0.3) is 0 Å². The average Bonchev–Trinajstić information content (AvgIpc) is 2.47. The van der Waals surface area contributed by atoms with Crippen LogP contribution in [0, 0.1) is 0 Å². The van der Waals surface area contributed by atoms with E-state index in [0.29, 0.717) is 6.04 Å². The fourth-order valence-corrected chi connectivity index (χ4v) is 2.72. The minimum absolute atomic E-state index is 0.464. The van der Waals surface area contributed by atoms with Gasteiger partial charge in [-0.2, -0.15) is 0 Å². The number of hydrogen-bond acceptors (Lipinski definition) is 1. The summed E-state index contributed by atoms with van der Waals surface area (Å²) in [4.78, 5) is 0. The Morgan fingerprint density at radius 2 is 2.00 bits per heavy atom. The summed E-state index contributed by atoms with van der Waals surface area (Å²) in [5, 5.41) is 3.66. The Kier molecular flexibility index (Phi) is 3.06. The van der Waals surface area contributed by atoms with Gasteiger partial charge in [-0.05, 0) is 42.0 Å². The van der Waals surface area contributed by atoms with E-state index < -0.39 is 0 Å². The Morgan fingerprint density at radius 3 is 2.89 bits per heavy atom. The molecule has 92 valence electrons. The summed E-state index contributed by atoms with van der Waals surface area (Å²) in [6.45, 7) is 2.21. The fourth-order valence-electron chi connectivity index (χ4n) is 2.72. The van der Waals surface area contributed by atoms with Gasteiger partial charge in [0.05, 0.1) is 6.04 Å². The molecule has 1 atom stereocenters. The molecule has 1 heteroatoms. The van der Waals surface area contributed by atoms with E-state index in [0.717, 1.165) is 6.42 Å². The highest BCUT2D eigenvalue weighted by Crippen LogP contribution is 2.32. The van der Waals surface area contributed by atoms with Gasteiger partial charge in [0.2, 0.25) is 0 Å². The lowest BCUT2D eigenvalue weighted by Gasteiger charge is -2.27. The maximum Gasteiger partial charge on any atom is 0.0517 e. The van der Waals surface area contributed by atoms with Gasteiger partial charge in [-0.15, -0.1) is 0 Å². The number of nitrogens with one attached hydrogen (secondary N) is 1. The van der Waals surface area contributed by atoms with Crippen LogP contribution in [0.3, 0.4) is 0 Å². The number of anilines is 1. The van der Waals surface area contributed by atoms with E-state index in [2.05, 4.69) is 60.8 Å². The first kappa shape index (κ1) is 11.3. The molecule has 0 fully saturated rings. The average molecular weight is 237 g/mol. The van der Waals surface area contributed by atoms with E-state index in [1.54, 1.807) is 0 Å². The number of hydrogen-bond donors (Lipinski definition) is 1. The van der Waals surface area contributed by atoms with Crippen molar-refractivity contribution in [2.45, 2.75) is 32.2 Å². The summed E-state index contributed by atoms with van der Waals surface area (Å²) in [7, 11) is 0. The van der Waals surface area contributed by atoms with Gasteiger partial charge in [0, 0.05) is 5.69 Å². The van der Waals surface area contributed by atoms with Gasteiger partial charge in [0.15, 0.2) is 0 Å². The predicted molar refractivity (Wildman–Crippen MR) is 76.9 cm³/mol. The highest BCUT2D eigenvalue weighted by molar-refractivity contribution is 5.55. The van der Waals surface area contributed by atoms with Crippen molar-refractivity contribution in [1.29, 1.82) is 0 Å². The summed E-state index contributed by atoms with van der Waals surface area (Å²) < 4.78 is 0. The van der Waals surface area contributed by atoms with E-state index in [-0.39, 0.29) is 0 Å². The summed E-state index contributed by atoms with van der Waals surface area (Å²) in [5.41, 5.74) is 5.59. The first-order chi connectivity index (χ1) is 8.86. The third kappa shape index (κ3) is 2.13. The Labute approximate surface area is 109 Å². The number of fused-ring (bicyclic) bond motifs is 1. The Balaban J connectivity index is 1.87. The Bertz CT molecular complexity index is 545. The molecule has 1 aliphatic rings.